The average molecular weight is 694 g/mol. The number of hydrogen-bond donors (Lipinski definition) is 5. The second-order valence-corrected chi connectivity index (χ2v) is 14.0. The van der Waals surface area contributed by atoms with Crippen molar-refractivity contribution in [2.24, 2.45) is 35.3 Å². The molecule has 2 aliphatic heterocycles. The van der Waals surface area contributed by atoms with Gasteiger partial charge in [0.25, 0.3) is 11.8 Å². The lowest BCUT2D eigenvalue weighted by molar-refractivity contribution is -0.167. The van der Waals surface area contributed by atoms with Crippen LogP contribution in [0.25, 0.3) is 0 Å². The van der Waals surface area contributed by atoms with Gasteiger partial charge in [-0.15, -0.1) is 0 Å². The molecule has 6 N–H and O–H groups in total. The van der Waals surface area contributed by atoms with E-state index in [0.717, 1.165) is 9.80 Å². The number of allylic oxidation sites excluding steroid dienone is 3. The first-order valence-corrected chi connectivity index (χ1v) is 16.5. The van der Waals surface area contributed by atoms with Crippen molar-refractivity contribution in [3.63, 3.8) is 0 Å². The van der Waals surface area contributed by atoms with Crippen molar-refractivity contribution >= 4 is 41.1 Å². The molecule has 0 bridgehead atoms. The molecular weight excluding hydrogens is 662 g/mol. The molecule has 0 spiro atoms. The number of carbonyl (C=O) groups is 7. The molecule has 1 saturated heterocycles. The number of aromatic hydroxyl groups is 1. The maximum absolute atomic E-state index is 14.5. The zero-order valence-corrected chi connectivity index (χ0v) is 26.8. The maximum Gasteiger partial charge on any atom is 0.261 e. The molecule has 5 amide bonds. The fraction of sp³-hybridized carbons (Fsp3) is 0.324. The Bertz CT molecular complexity index is 2080. The van der Waals surface area contributed by atoms with Crippen molar-refractivity contribution in [1.29, 1.82) is 0 Å². The Balaban J connectivity index is 1.25. The number of rotatable bonds is 5. The highest BCUT2D eigenvalue weighted by atomic mass is 16.3. The number of nitrogens with zero attached hydrogens (tertiary/aromatic N) is 2. The van der Waals surface area contributed by atoms with Gasteiger partial charge in [-0.3, -0.25) is 43.4 Å². The predicted molar refractivity (Wildman–Crippen MR) is 172 cm³/mol. The average Bonchev–Trinajstić information content (AvgIpc) is 3.48. The topological polar surface area (TPSA) is 233 Å². The van der Waals surface area contributed by atoms with Gasteiger partial charge in [-0.1, -0.05) is 36.4 Å². The van der Waals surface area contributed by atoms with Gasteiger partial charge in [0.1, 0.15) is 17.4 Å². The van der Waals surface area contributed by atoms with E-state index in [1.807, 2.05) is 0 Å². The monoisotopic (exact) mass is 693 g/mol. The van der Waals surface area contributed by atoms with E-state index in [2.05, 4.69) is 0 Å². The lowest BCUT2D eigenvalue weighted by Gasteiger charge is -2.48. The first-order valence-electron chi connectivity index (χ1n) is 16.5. The molecule has 51 heavy (non-hydrogen) atoms. The van der Waals surface area contributed by atoms with Crippen LogP contribution < -0.4 is 5.73 Å². The Morgan fingerprint density at radius 2 is 1.45 bits per heavy atom. The minimum Gasteiger partial charge on any atom is -0.508 e. The van der Waals surface area contributed by atoms with Crippen LogP contribution in [0.5, 0.6) is 5.75 Å². The van der Waals surface area contributed by atoms with Gasteiger partial charge in [-0.05, 0) is 54.5 Å². The quantitative estimate of drug-likeness (QED) is 0.217. The van der Waals surface area contributed by atoms with Gasteiger partial charge in [0.15, 0.2) is 17.2 Å². The van der Waals surface area contributed by atoms with E-state index in [1.54, 1.807) is 36.4 Å². The summed E-state index contributed by atoms with van der Waals surface area (Å²) in [6.07, 6.45) is 4.61. The van der Waals surface area contributed by atoms with Gasteiger partial charge in [0.2, 0.25) is 17.7 Å². The van der Waals surface area contributed by atoms with Gasteiger partial charge >= 0.3 is 0 Å². The third-order valence-corrected chi connectivity index (χ3v) is 11.3. The molecule has 260 valence electrons. The molecule has 8 rings (SSSR count). The minimum atomic E-state index is -2.72. The smallest absolute Gasteiger partial charge is 0.261 e. The highest BCUT2D eigenvalue weighted by molar-refractivity contribution is 6.21. The second kappa shape index (κ2) is 11.1. The molecule has 1 saturated carbocycles. The third kappa shape index (κ3) is 4.39. The normalized spacial score (nSPS) is 30.8. The number of aliphatic hydroxyl groups excluding tert-OH is 2. The number of Topliss-reactive ketones (excluding diaryl/α,β-unsaturated/α-hetero) is 2. The van der Waals surface area contributed by atoms with Crippen LogP contribution in [0.2, 0.25) is 0 Å². The standard InChI is InChI=1S/C37H31N3O11/c38-32(46)27-24(41)12-18-10-15-11-23-16(13-39-33(47)19-5-1-2-6-20(19)34(39)48)9-17(14-40-35(49)21-7-3-4-8-22(21)36(40)50)28(42)26(23)29(43)25(15)30(44)37(18,51)31(27)45/h1-9,15,18-20,24,27,41-42,44,51H,10-14H2,(H2,38,46)/t15-,18+,19?,20?,24?,27?,37+/m1/s1. The summed E-state index contributed by atoms with van der Waals surface area (Å²) < 4.78 is 0. The fourth-order valence-corrected chi connectivity index (χ4v) is 8.82. The van der Waals surface area contributed by atoms with Crippen molar-refractivity contribution in [2.75, 3.05) is 0 Å². The van der Waals surface area contributed by atoms with E-state index >= 15 is 0 Å². The Hall–Kier alpha value is -5.73. The van der Waals surface area contributed by atoms with Crippen LogP contribution in [-0.4, -0.2) is 83.0 Å². The number of fused-ring (bicyclic) bond motifs is 5. The lowest BCUT2D eigenvalue weighted by atomic mass is 9.57. The van der Waals surface area contributed by atoms with Gasteiger partial charge in [0.05, 0.1) is 47.7 Å². The maximum atomic E-state index is 14.5. The van der Waals surface area contributed by atoms with Gasteiger partial charge < -0.3 is 26.2 Å². The third-order valence-electron chi connectivity index (χ3n) is 11.3. The summed E-state index contributed by atoms with van der Waals surface area (Å²) in [6, 6.07) is 7.59. The molecule has 4 unspecified atom stereocenters. The number of nitrogens with two attached hydrogens (primary N) is 1. The first-order chi connectivity index (χ1) is 24.2. The summed E-state index contributed by atoms with van der Waals surface area (Å²) in [5.74, 6) is -12.6. The van der Waals surface area contributed by atoms with Crippen molar-refractivity contribution in [1.82, 2.24) is 9.80 Å². The van der Waals surface area contributed by atoms with Gasteiger partial charge in [-0.25, -0.2) is 0 Å². The largest absolute Gasteiger partial charge is 0.508 e. The minimum absolute atomic E-state index is 0.0599. The molecule has 2 fully saturated rings. The van der Waals surface area contributed by atoms with Crippen LogP contribution in [0, 0.1) is 29.6 Å². The molecule has 0 radical (unpaired) electrons. The van der Waals surface area contributed by atoms with E-state index in [0.29, 0.717) is 0 Å². The number of imide groups is 2. The molecule has 14 heteroatoms. The number of amides is 5. The van der Waals surface area contributed by atoms with Crippen LogP contribution in [0.1, 0.15) is 60.6 Å². The molecule has 7 atom stereocenters. The number of primary amides is 1. The van der Waals surface area contributed by atoms with Crippen LogP contribution >= 0.6 is 0 Å². The molecule has 6 aliphatic rings. The number of phenolic OH excluding ortho intramolecular Hbond substituents is 1. The van der Waals surface area contributed by atoms with Crippen molar-refractivity contribution in [3.05, 3.63) is 99.3 Å². The van der Waals surface area contributed by atoms with Gasteiger partial charge in [-0.2, -0.15) is 0 Å². The Morgan fingerprint density at radius 3 is 2.04 bits per heavy atom. The predicted octanol–water partition coefficient (Wildman–Crippen LogP) is 0.769. The van der Waals surface area contributed by atoms with E-state index < -0.39 is 100 Å². The number of hydrogen-bond acceptors (Lipinski definition) is 11. The molecule has 4 aliphatic carbocycles. The van der Waals surface area contributed by atoms with Crippen molar-refractivity contribution in [3.8, 4) is 5.75 Å². The zero-order valence-electron chi connectivity index (χ0n) is 26.8. The summed E-state index contributed by atoms with van der Waals surface area (Å²) in [5.41, 5.74) is 2.61. The molecular formula is C37H31N3O11. The fourth-order valence-electron chi connectivity index (χ4n) is 8.82. The van der Waals surface area contributed by atoms with Gasteiger partial charge in [0, 0.05) is 17.1 Å². The van der Waals surface area contributed by atoms with Crippen LogP contribution in [-0.2, 0) is 38.7 Å². The number of benzene rings is 2. The number of phenols is 1. The molecule has 2 aromatic carbocycles. The summed E-state index contributed by atoms with van der Waals surface area (Å²) in [6.45, 7) is -0.818. The number of carbonyl (C=O) groups excluding carboxylic acids is 7. The SMILES string of the molecule is NC(=O)C1C(=O)[C@@]2(O)C(O)=C3C(=O)c4c(O)c(CN5C(=O)c6ccccc6C5=O)cc(CN5C(=O)C6C=CC=CC6C5=O)c4C[C@H]3C[C@H]2CC1O. The molecule has 2 heterocycles. The number of aliphatic hydroxyl groups is 3. The molecule has 14 nitrogen and oxygen atoms in total. The number of likely N-dealkylation sites (tertiary alicyclic amines) is 1. The second-order valence-electron chi connectivity index (χ2n) is 14.0. The van der Waals surface area contributed by atoms with Crippen LogP contribution in [0.3, 0.4) is 0 Å². The summed E-state index contributed by atoms with van der Waals surface area (Å²) in [7, 11) is 0. The van der Waals surface area contributed by atoms with E-state index in [4.69, 9.17) is 5.73 Å². The highest BCUT2D eigenvalue weighted by Gasteiger charge is 2.62. The van der Waals surface area contributed by atoms with E-state index in [1.165, 1.54) is 18.2 Å². The lowest BCUT2D eigenvalue weighted by Crippen LogP contribution is -2.63. The summed E-state index contributed by atoms with van der Waals surface area (Å²) >= 11 is 0. The van der Waals surface area contributed by atoms with Crippen LogP contribution in [0.4, 0.5) is 0 Å². The molecule has 0 aromatic heterocycles. The number of ketones is 2. The highest BCUT2D eigenvalue weighted by Crippen LogP contribution is 2.52. The van der Waals surface area contributed by atoms with E-state index in [-0.39, 0.29) is 64.8 Å². The zero-order chi connectivity index (χ0) is 36.3. The molecule has 2 aromatic rings. The Labute approximate surface area is 289 Å². The summed E-state index contributed by atoms with van der Waals surface area (Å²) in [5, 5.41) is 45.5. The van der Waals surface area contributed by atoms with Crippen molar-refractivity contribution < 1.29 is 54.0 Å². The van der Waals surface area contributed by atoms with Crippen LogP contribution in [0.15, 0.2) is 66.0 Å². The Morgan fingerprint density at radius 1 is 0.863 bits per heavy atom. The van der Waals surface area contributed by atoms with Crippen molar-refractivity contribution in [2.45, 2.75) is 44.1 Å². The summed E-state index contributed by atoms with van der Waals surface area (Å²) in [4.78, 5) is 95.5. The van der Waals surface area contributed by atoms with E-state index in [9.17, 15) is 54.0 Å². The first kappa shape index (κ1) is 32.5. The Kier molecular flexibility index (Phi) is 7.09.